The molecule has 2 heterocycles. The van der Waals surface area contributed by atoms with Crippen LogP contribution in [0.15, 0.2) is 64.6 Å². The molecule has 240 valence electrons. The van der Waals surface area contributed by atoms with Crippen LogP contribution in [0.5, 0.6) is 0 Å². The number of halogens is 4. The molecule has 1 amide bonds. The number of allylic oxidation sites excluding steroid dienone is 1. The van der Waals surface area contributed by atoms with Crippen LogP contribution in [-0.2, 0) is 27.0 Å². The van der Waals surface area contributed by atoms with Crippen LogP contribution in [0.1, 0.15) is 29.7 Å². The molecule has 1 aliphatic rings. The third-order valence-electron chi connectivity index (χ3n) is 7.32. The van der Waals surface area contributed by atoms with E-state index in [1.54, 1.807) is 19.2 Å². The number of carbonyl (C=O) groups excluding carboxylic acids is 2. The van der Waals surface area contributed by atoms with Gasteiger partial charge in [0.15, 0.2) is 0 Å². The number of aromatic nitrogens is 3. The first-order chi connectivity index (χ1) is 20.6. The van der Waals surface area contributed by atoms with Gasteiger partial charge in [0, 0.05) is 18.4 Å². The summed E-state index contributed by atoms with van der Waals surface area (Å²) in [6.07, 6.45) is -4.67. The minimum atomic E-state index is -4.67. The van der Waals surface area contributed by atoms with Gasteiger partial charge in [-0.25, -0.2) is 18.8 Å². The molecule has 0 bridgehead atoms. The summed E-state index contributed by atoms with van der Waals surface area (Å²) in [5, 5.41) is 13.7. The lowest BCUT2D eigenvalue weighted by Crippen LogP contribution is -3.00. The number of anilines is 2. The number of benzene rings is 2. The van der Waals surface area contributed by atoms with E-state index in [0.717, 1.165) is 28.5 Å². The summed E-state index contributed by atoms with van der Waals surface area (Å²) in [5.41, 5.74) is -0.839. The van der Waals surface area contributed by atoms with Crippen LogP contribution >= 0.6 is 0 Å². The second-order valence-corrected chi connectivity index (χ2v) is 11.4. The highest BCUT2D eigenvalue weighted by atomic mass is 79.9. The fraction of sp³-hybridized carbons (Fsp3) is 0.367. The summed E-state index contributed by atoms with van der Waals surface area (Å²) >= 11 is 0. The molecule has 45 heavy (non-hydrogen) atoms. The highest BCUT2D eigenvalue weighted by molar-refractivity contribution is 5.93. The van der Waals surface area contributed by atoms with Gasteiger partial charge in [-0.1, -0.05) is 18.2 Å². The number of hydrogen-bond donors (Lipinski definition) is 0. The Hall–Kier alpha value is -4.42. The number of rotatable bonds is 8. The van der Waals surface area contributed by atoms with E-state index in [1.807, 2.05) is 27.2 Å². The highest BCUT2D eigenvalue weighted by Gasteiger charge is 2.41. The summed E-state index contributed by atoms with van der Waals surface area (Å²) in [5.74, 6) is -1.33. The van der Waals surface area contributed by atoms with Crippen LogP contribution < -0.4 is 27.6 Å². The molecule has 3 aromatic rings. The topological polar surface area (TPSA) is 113 Å². The Morgan fingerprint density at radius 2 is 1.78 bits per heavy atom. The number of hydrogen-bond acceptors (Lipinski definition) is 7. The zero-order valence-electron chi connectivity index (χ0n) is 25.6. The molecule has 15 heteroatoms. The normalized spacial score (nSPS) is 14.8. The van der Waals surface area contributed by atoms with Crippen LogP contribution in [-0.4, -0.2) is 84.0 Å². The number of esters is 1. The number of fused-ring (bicyclic) bond motifs is 1. The lowest BCUT2D eigenvalue weighted by Gasteiger charge is -2.35. The molecular formula is C30H33BrF3N7O4. The Kier molecular flexibility index (Phi) is 10.4. The lowest BCUT2D eigenvalue weighted by atomic mass is 9.93. The van der Waals surface area contributed by atoms with E-state index in [-0.39, 0.29) is 39.9 Å². The van der Waals surface area contributed by atoms with Crippen molar-refractivity contribution < 1.29 is 49.0 Å². The van der Waals surface area contributed by atoms with E-state index in [1.165, 1.54) is 41.0 Å². The Labute approximate surface area is 268 Å². The molecule has 0 saturated heterocycles. The third-order valence-corrected chi connectivity index (χ3v) is 7.32. The summed E-state index contributed by atoms with van der Waals surface area (Å²) in [6.45, 7) is 2.12. The number of quaternary nitrogens is 1. The molecule has 1 aromatic heterocycles. The number of ether oxygens (including phenoxy) is 1. The molecule has 1 aliphatic heterocycles. The molecule has 2 aromatic carbocycles. The van der Waals surface area contributed by atoms with Gasteiger partial charge in [0.25, 0.3) is 0 Å². The van der Waals surface area contributed by atoms with Gasteiger partial charge in [-0.2, -0.15) is 18.4 Å². The van der Waals surface area contributed by atoms with Gasteiger partial charge in [-0.3, -0.25) is 9.69 Å². The molecule has 0 spiro atoms. The molecule has 0 saturated carbocycles. The smallest absolute Gasteiger partial charge is 0.416 e. The predicted molar refractivity (Wildman–Crippen MR) is 155 cm³/mol. The minimum absolute atomic E-state index is 0. The van der Waals surface area contributed by atoms with Crippen LogP contribution in [0.25, 0.3) is 0 Å². The molecule has 0 fully saturated rings. The first-order valence-electron chi connectivity index (χ1n) is 13.6. The zero-order chi connectivity index (χ0) is 32.6. The molecule has 11 nitrogen and oxygen atoms in total. The molecule has 4 rings (SSSR count). The van der Waals surface area contributed by atoms with Crippen molar-refractivity contribution in [2.45, 2.75) is 25.7 Å². The Balaban J connectivity index is 0.00000552. The van der Waals surface area contributed by atoms with E-state index in [9.17, 15) is 32.8 Å². The number of nitriles is 1. The second-order valence-electron chi connectivity index (χ2n) is 11.4. The number of amides is 1. The average molecular weight is 693 g/mol. The van der Waals surface area contributed by atoms with Crippen molar-refractivity contribution in [1.82, 2.24) is 19.2 Å². The molecule has 1 atom stereocenters. The summed E-state index contributed by atoms with van der Waals surface area (Å²) < 4.78 is 48.9. The largest absolute Gasteiger partial charge is 1.00 e. The van der Waals surface area contributed by atoms with Crippen molar-refractivity contribution >= 4 is 23.5 Å². The quantitative estimate of drug-likeness (QED) is 0.247. The molecule has 0 aliphatic carbocycles. The van der Waals surface area contributed by atoms with E-state index in [4.69, 9.17) is 4.74 Å². The van der Waals surface area contributed by atoms with Crippen LogP contribution in [0.4, 0.5) is 24.8 Å². The Morgan fingerprint density at radius 1 is 1.13 bits per heavy atom. The van der Waals surface area contributed by atoms with Gasteiger partial charge in [0.1, 0.15) is 12.6 Å². The van der Waals surface area contributed by atoms with Gasteiger partial charge >= 0.3 is 17.8 Å². The number of nitrogens with zero attached hydrogens (tertiary/aromatic N) is 7. The lowest BCUT2D eigenvalue weighted by molar-refractivity contribution is -0.869. The molecular weight excluding hydrogens is 659 g/mol. The molecule has 1 unspecified atom stereocenters. The van der Waals surface area contributed by atoms with Gasteiger partial charge in [-0.15, -0.1) is 5.10 Å². The maximum absolute atomic E-state index is 14.0. The predicted octanol–water partition coefficient (Wildman–Crippen LogP) is 0.292. The van der Waals surface area contributed by atoms with Gasteiger partial charge in [-0.05, 0) is 42.8 Å². The fourth-order valence-electron chi connectivity index (χ4n) is 4.87. The van der Waals surface area contributed by atoms with Gasteiger partial charge in [0.05, 0.1) is 64.1 Å². The van der Waals surface area contributed by atoms with Crippen molar-refractivity contribution in [1.29, 1.82) is 5.26 Å². The molecule has 0 radical (unpaired) electrons. The summed E-state index contributed by atoms with van der Waals surface area (Å²) in [4.78, 5) is 43.2. The van der Waals surface area contributed by atoms with Gasteiger partial charge in [0.2, 0.25) is 11.9 Å². The first kappa shape index (κ1) is 35.1. The number of likely N-dealkylation sites (N-methyl/N-ethyl adjacent to an activating group) is 2. The summed E-state index contributed by atoms with van der Waals surface area (Å²) in [7, 11) is 8.69. The second kappa shape index (κ2) is 13.3. The SMILES string of the molecule is COC(=O)C1=C(C)N(c2cccc(C(F)(F)F)c2)c2nn(CC(=O)N(C)CC[N+](C)(C)C)c(=O)n2C1c1ccc(C#N)cc1.[Br-]. The summed E-state index contributed by atoms with van der Waals surface area (Å²) in [6, 6.07) is 11.4. The number of methoxy groups -OCH3 is 1. The number of carbonyl (C=O) groups is 2. The van der Waals surface area contributed by atoms with E-state index >= 15 is 0 Å². The third kappa shape index (κ3) is 7.29. The Bertz CT molecular complexity index is 1720. The van der Waals surface area contributed by atoms with E-state index < -0.39 is 41.9 Å². The Morgan fingerprint density at radius 3 is 2.33 bits per heavy atom. The average Bonchev–Trinajstić information content (AvgIpc) is 3.28. The number of alkyl halides is 3. The zero-order valence-corrected chi connectivity index (χ0v) is 27.2. The maximum atomic E-state index is 14.0. The van der Waals surface area contributed by atoms with E-state index in [2.05, 4.69) is 5.10 Å². The maximum Gasteiger partial charge on any atom is 0.416 e. The first-order valence-corrected chi connectivity index (χ1v) is 13.6. The van der Waals surface area contributed by atoms with Gasteiger partial charge < -0.3 is 31.1 Å². The monoisotopic (exact) mass is 691 g/mol. The van der Waals surface area contributed by atoms with Crippen LogP contribution in [0, 0.1) is 11.3 Å². The van der Waals surface area contributed by atoms with Crippen LogP contribution in [0.2, 0.25) is 0 Å². The van der Waals surface area contributed by atoms with Crippen molar-refractivity contribution in [3.05, 3.63) is 87.0 Å². The van der Waals surface area contributed by atoms with Crippen molar-refractivity contribution in [3.8, 4) is 6.07 Å². The van der Waals surface area contributed by atoms with Crippen molar-refractivity contribution in [2.24, 2.45) is 0 Å². The molecule has 0 N–H and O–H groups in total. The standard InChI is InChI=1S/C30H33F3N7O4.BrH/c1-19-25(27(42)44-6)26(21-12-10-20(17-34)11-13-21)39-28(38(19)23-9-7-8-22(16-23)30(31,32)33)35-37(29(39)43)18-24(41)36(2)14-15-40(3,4)5;/h7-13,16,26H,14-15,18H2,1-6H3;1H/q+1;/p-1. The van der Waals surface area contributed by atoms with E-state index in [0.29, 0.717) is 28.7 Å². The fourth-order valence-corrected chi connectivity index (χ4v) is 4.87. The van der Waals surface area contributed by atoms with Crippen LogP contribution in [0.3, 0.4) is 0 Å². The highest BCUT2D eigenvalue weighted by Crippen LogP contribution is 2.43. The van der Waals surface area contributed by atoms with Crippen molar-refractivity contribution in [2.75, 3.05) is 53.3 Å². The van der Waals surface area contributed by atoms with Crippen molar-refractivity contribution in [3.63, 3.8) is 0 Å². The minimum Gasteiger partial charge on any atom is -1.00 e.